The molecule has 12 aromatic rings. The van der Waals surface area contributed by atoms with Gasteiger partial charge in [0.2, 0.25) is 0 Å². The molecule has 15 rings (SSSR count). The van der Waals surface area contributed by atoms with Gasteiger partial charge in [-0.15, -0.1) is 0 Å². The molecule has 9 heteroatoms. The minimum absolute atomic E-state index is 0.593. The smallest absolute Gasteiger partial charge is 0.188 e. The van der Waals surface area contributed by atoms with Crippen LogP contribution in [0.1, 0.15) is 27.8 Å². The van der Waals surface area contributed by atoms with Gasteiger partial charge in [-0.05, 0) is 114 Å². The van der Waals surface area contributed by atoms with E-state index in [1.807, 2.05) is 85.2 Å². The van der Waals surface area contributed by atoms with E-state index in [0.29, 0.717) is 22.7 Å². The average Bonchev–Trinajstić information content (AvgIpc) is 4.04. The van der Waals surface area contributed by atoms with Crippen LogP contribution in [0.3, 0.4) is 0 Å². The van der Waals surface area contributed by atoms with Crippen molar-refractivity contribution in [1.82, 2.24) is 19.1 Å². The zero-order valence-electron chi connectivity index (χ0n) is 37.0. The standard InChI is InChI=1S/C61H33N7O2/c1-63-37-22-27-50-43(32-37)41-12-3-5-16-48(41)68(50)53-18-8-20-55-58(53)61(45-13-9-29-64-59(45)60-46(61)14-10-30-65-60)44-25-23-38(33-56(44)70-55)67-51-17-6-7-19-54(51)69-57-34-39(24-28-52(57)67)66-47-15-4-2-11-40(47)42-31-36(35-62)21-26-49(42)66/h2-34H. The molecule has 70 heavy (non-hydrogen) atoms. The van der Waals surface area contributed by atoms with E-state index in [9.17, 15) is 5.26 Å². The number of nitriles is 1. The van der Waals surface area contributed by atoms with Crippen molar-refractivity contribution in [2.45, 2.75) is 5.41 Å². The first kappa shape index (κ1) is 38.2. The Bertz CT molecular complexity index is 4330. The molecule has 3 aliphatic rings. The van der Waals surface area contributed by atoms with Gasteiger partial charge in [0.15, 0.2) is 17.2 Å². The lowest BCUT2D eigenvalue weighted by Gasteiger charge is -2.41. The first-order chi connectivity index (χ1) is 34.6. The summed E-state index contributed by atoms with van der Waals surface area (Å²) >= 11 is 0. The third kappa shape index (κ3) is 4.96. The average molecular weight is 896 g/mol. The van der Waals surface area contributed by atoms with E-state index >= 15 is 0 Å². The van der Waals surface area contributed by atoms with Gasteiger partial charge in [0, 0.05) is 51.8 Å². The van der Waals surface area contributed by atoms with E-state index in [1.54, 1.807) is 0 Å². The summed E-state index contributed by atoms with van der Waals surface area (Å²) in [4.78, 5) is 16.1. The summed E-state index contributed by atoms with van der Waals surface area (Å²) in [5, 5.41) is 14.0. The van der Waals surface area contributed by atoms with Gasteiger partial charge in [-0.2, -0.15) is 5.26 Å². The zero-order valence-corrected chi connectivity index (χ0v) is 37.0. The number of ether oxygens (including phenoxy) is 2. The minimum atomic E-state index is -0.897. The molecule has 2 aliphatic heterocycles. The number of hydrogen-bond donors (Lipinski definition) is 0. The van der Waals surface area contributed by atoms with Gasteiger partial charge in [0.25, 0.3) is 0 Å². The molecule has 1 aliphatic carbocycles. The largest absolute Gasteiger partial charge is 0.457 e. The number of anilines is 3. The van der Waals surface area contributed by atoms with Gasteiger partial charge >= 0.3 is 0 Å². The van der Waals surface area contributed by atoms with Crippen molar-refractivity contribution in [3.8, 4) is 51.8 Å². The second-order valence-electron chi connectivity index (χ2n) is 17.9. The maximum atomic E-state index is 9.79. The van der Waals surface area contributed by atoms with Crippen LogP contribution in [0.4, 0.5) is 22.7 Å². The van der Waals surface area contributed by atoms with E-state index in [4.69, 9.17) is 26.0 Å². The number of fused-ring (bicyclic) bond motifs is 17. The predicted octanol–water partition coefficient (Wildman–Crippen LogP) is 15.1. The van der Waals surface area contributed by atoms with Crippen LogP contribution in [0.2, 0.25) is 0 Å². The Hall–Kier alpha value is -9.96. The highest BCUT2D eigenvalue weighted by molar-refractivity contribution is 6.11. The van der Waals surface area contributed by atoms with Gasteiger partial charge in [-0.3, -0.25) is 9.97 Å². The lowest BCUT2D eigenvalue weighted by molar-refractivity contribution is 0.435. The molecule has 0 unspecified atom stereocenters. The van der Waals surface area contributed by atoms with Crippen molar-refractivity contribution >= 4 is 66.4 Å². The molecule has 0 radical (unpaired) electrons. The van der Waals surface area contributed by atoms with Gasteiger partial charge < -0.3 is 23.5 Å². The predicted molar refractivity (Wildman–Crippen MR) is 274 cm³/mol. The molecule has 8 aromatic carbocycles. The molecule has 324 valence electrons. The molecule has 0 N–H and O–H groups in total. The number of aromatic nitrogens is 4. The van der Waals surface area contributed by atoms with Crippen LogP contribution in [-0.2, 0) is 5.41 Å². The summed E-state index contributed by atoms with van der Waals surface area (Å²) < 4.78 is 18.7. The maximum Gasteiger partial charge on any atom is 0.188 e. The Kier molecular flexibility index (Phi) is 7.65. The molecule has 0 bridgehead atoms. The Morgan fingerprint density at radius 3 is 1.87 bits per heavy atom. The Labute approximate surface area is 400 Å². The van der Waals surface area contributed by atoms with Gasteiger partial charge in [0.1, 0.15) is 11.5 Å². The minimum Gasteiger partial charge on any atom is -0.457 e. The Morgan fingerprint density at radius 2 is 1.09 bits per heavy atom. The topological polar surface area (TPSA) is 85.5 Å². The quantitative estimate of drug-likeness (QED) is 0.164. The number of para-hydroxylation sites is 4. The van der Waals surface area contributed by atoms with E-state index in [0.717, 1.165) is 117 Å². The maximum absolute atomic E-state index is 9.79. The van der Waals surface area contributed by atoms with Crippen LogP contribution in [-0.4, -0.2) is 19.1 Å². The molecule has 0 amide bonds. The van der Waals surface area contributed by atoms with Crippen LogP contribution in [0.5, 0.6) is 23.0 Å². The fourth-order valence-corrected chi connectivity index (χ4v) is 11.7. The molecule has 0 fully saturated rings. The normalized spacial score (nSPS) is 13.4. The molecule has 4 aromatic heterocycles. The van der Waals surface area contributed by atoms with Gasteiger partial charge in [-0.25, -0.2) is 4.85 Å². The van der Waals surface area contributed by atoms with Crippen molar-refractivity contribution in [3.63, 3.8) is 0 Å². The molecule has 0 saturated heterocycles. The molecule has 1 spiro atoms. The van der Waals surface area contributed by atoms with Crippen molar-refractivity contribution in [2.24, 2.45) is 0 Å². The Balaban J connectivity index is 0.955. The summed E-state index contributed by atoms with van der Waals surface area (Å²) in [7, 11) is 0. The number of nitrogens with zero attached hydrogens (tertiary/aromatic N) is 7. The molecule has 0 saturated carbocycles. The van der Waals surface area contributed by atoms with Gasteiger partial charge in [0.05, 0.1) is 85.5 Å². The number of pyridine rings is 2. The lowest BCUT2D eigenvalue weighted by atomic mass is 9.65. The van der Waals surface area contributed by atoms with Crippen molar-refractivity contribution in [2.75, 3.05) is 4.90 Å². The van der Waals surface area contributed by atoms with Crippen molar-refractivity contribution in [3.05, 3.63) is 240 Å². The highest BCUT2D eigenvalue weighted by atomic mass is 16.5. The van der Waals surface area contributed by atoms with Crippen LogP contribution in [0, 0.1) is 17.9 Å². The molecular weight excluding hydrogens is 863 g/mol. The number of rotatable bonds is 3. The summed E-state index contributed by atoms with van der Waals surface area (Å²) in [6, 6.07) is 66.6. The monoisotopic (exact) mass is 895 g/mol. The third-order valence-electron chi connectivity index (χ3n) is 14.5. The lowest BCUT2D eigenvalue weighted by Crippen LogP contribution is -2.34. The highest BCUT2D eigenvalue weighted by Crippen LogP contribution is 2.64. The zero-order chi connectivity index (χ0) is 46.2. The number of hydrogen-bond acceptors (Lipinski definition) is 6. The summed E-state index contributed by atoms with van der Waals surface area (Å²) in [5.41, 5.74) is 14.6. The van der Waals surface area contributed by atoms with Crippen LogP contribution in [0.25, 0.3) is 71.2 Å². The molecule has 9 nitrogen and oxygen atoms in total. The SMILES string of the molecule is [C-]#[N+]c1ccc2c(c1)c1ccccc1n2-c1cccc2c1C1(c3ccc(N4c5ccccc5Oc5cc(-n6c7ccccc7c7cc(C#N)ccc76)ccc54)cc3O2)c2cccnc2-c2ncccc21. The second-order valence-corrected chi connectivity index (χ2v) is 17.9. The summed E-state index contributed by atoms with van der Waals surface area (Å²) in [6.07, 6.45) is 3.69. The van der Waals surface area contributed by atoms with E-state index in [2.05, 4.69) is 140 Å². The van der Waals surface area contributed by atoms with E-state index in [-0.39, 0.29) is 0 Å². The van der Waals surface area contributed by atoms with Gasteiger partial charge in [-0.1, -0.05) is 78.9 Å². The van der Waals surface area contributed by atoms with Crippen LogP contribution in [0.15, 0.2) is 200 Å². The van der Waals surface area contributed by atoms with E-state index in [1.165, 1.54) is 0 Å². The first-order valence-corrected chi connectivity index (χ1v) is 23.1. The third-order valence-corrected chi connectivity index (χ3v) is 14.5. The fourth-order valence-electron chi connectivity index (χ4n) is 11.7. The van der Waals surface area contributed by atoms with Crippen LogP contribution < -0.4 is 14.4 Å². The fraction of sp³-hybridized carbons (Fsp3) is 0.0164. The number of benzene rings is 8. The first-order valence-electron chi connectivity index (χ1n) is 23.1. The molecule has 0 atom stereocenters. The van der Waals surface area contributed by atoms with E-state index < -0.39 is 5.41 Å². The molecule has 6 heterocycles. The van der Waals surface area contributed by atoms with Crippen molar-refractivity contribution in [1.29, 1.82) is 5.26 Å². The summed E-state index contributed by atoms with van der Waals surface area (Å²) in [6.45, 7) is 7.86. The summed E-state index contributed by atoms with van der Waals surface area (Å²) in [5.74, 6) is 2.86. The second kappa shape index (κ2) is 14.0. The van der Waals surface area contributed by atoms with Crippen molar-refractivity contribution < 1.29 is 9.47 Å². The highest BCUT2D eigenvalue weighted by Gasteiger charge is 2.54. The molecular formula is C61H33N7O2. The van der Waals surface area contributed by atoms with Crippen LogP contribution >= 0.6 is 0 Å². The Morgan fingerprint density at radius 1 is 0.471 bits per heavy atom.